The SMILES string of the molecule is COc1cccc(CN2CCC3(CCC(=O)N([C@H](C)C(=O)O)C3)CC2)c1. The van der Waals surface area contributed by atoms with Gasteiger partial charge in [0.25, 0.3) is 0 Å². The van der Waals surface area contributed by atoms with Crippen LogP contribution in [0.15, 0.2) is 24.3 Å². The fraction of sp³-hybridized carbons (Fsp3) is 0.600. The number of ether oxygens (including phenoxy) is 1. The van der Waals surface area contributed by atoms with Crippen molar-refractivity contribution in [3.8, 4) is 5.75 Å². The van der Waals surface area contributed by atoms with Gasteiger partial charge in [-0.05, 0) is 62.4 Å². The van der Waals surface area contributed by atoms with E-state index in [1.54, 1.807) is 18.9 Å². The average molecular weight is 360 g/mol. The van der Waals surface area contributed by atoms with E-state index in [2.05, 4.69) is 17.0 Å². The van der Waals surface area contributed by atoms with Crippen LogP contribution in [0.3, 0.4) is 0 Å². The minimum Gasteiger partial charge on any atom is -0.497 e. The molecule has 1 N–H and O–H groups in total. The fourth-order valence-electron chi connectivity index (χ4n) is 4.15. The number of carbonyl (C=O) groups is 2. The van der Waals surface area contributed by atoms with Crippen molar-refractivity contribution in [1.29, 1.82) is 0 Å². The number of carbonyl (C=O) groups excluding carboxylic acids is 1. The first-order valence-corrected chi connectivity index (χ1v) is 9.30. The number of rotatable bonds is 5. The summed E-state index contributed by atoms with van der Waals surface area (Å²) in [7, 11) is 1.68. The molecule has 0 aromatic heterocycles. The van der Waals surface area contributed by atoms with Crippen LogP contribution in [0.5, 0.6) is 5.75 Å². The molecule has 26 heavy (non-hydrogen) atoms. The van der Waals surface area contributed by atoms with Crippen LogP contribution in [0.4, 0.5) is 0 Å². The van der Waals surface area contributed by atoms with Crippen molar-refractivity contribution < 1.29 is 19.4 Å². The van der Waals surface area contributed by atoms with E-state index in [1.807, 2.05) is 12.1 Å². The van der Waals surface area contributed by atoms with Gasteiger partial charge in [0, 0.05) is 19.5 Å². The third kappa shape index (κ3) is 4.01. The molecule has 0 aliphatic carbocycles. The van der Waals surface area contributed by atoms with Crippen molar-refractivity contribution in [3.05, 3.63) is 29.8 Å². The Morgan fingerprint density at radius 1 is 1.31 bits per heavy atom. The number of likely N-dealkylation sites (tertiary alicyclic amines) is 2. The molecule has 6 nitrogen and oxygen atoms in total. The van der Waals surface area contributed by atoms with E-state index >= 15 is 0 Å². The van der Waals surface area contributed by atoms with Crippen molar-refractivity contribution in [2.24, 2.45) is 5.41 Å². The van der Waals surface area contributed by atoms with Gasteiger partial charge in [-0.25, -0.2) is 4.79 Å². The molecule has 0 bridgehead atoms. The molecule has 1 aromatic carbocycles. The predicted molar refractivity (Wildman–Crippen MR) is 98.0 cm³/mol. The largest absolute Gasteiger partial charge is 0.497 e. The van der Waals surface area contributed by atoms with Gasteiger partial charge >= 0.3 is 5.97 Å². The maximum absolute atomic E-state index is 12.2. The Morgan fingerprint density at radius 2 is 2.04 bits per heavy atom. The van der Waals surface area contributed by atoms with Crippen LogP contribution >= 0.6 is 0 Å². The molecular formula is C20H28N2O4. The molecule has 2 saturated heterocycles. The van der Waals surface area contributed by atoms with Crippen molar-refractivity contribution >= 4 is 11.9 Å². The lowest BCUT2D eigenvalue weighted by atomic mass is 9.72. The van der Waals surface area contributed by atoms with E-state index in [9.17, 15) is 14.7 Å². The lowest BCUT2D eigenvalue weighted by Gasteiger charge is -2.48. The molecular weight excluding hydrogens is 332 g/mol. The fourth-order valence-corrected chi connectivity index (χ4v) is 4.15. The van der Waals surface area contributed by atoms with E-state index in [-0.39, 0.29) is 11.3 Å². The third-order valence-corrected chi connectivity index (χ3v) is 5.98. The Labute approximate surface area is 154 Å². The molecule has 1 amide bonds. The molecule has 1 spiro atoms. The van der Waals surface area contributed by atoms with Gasteiger partial charge in [-0.15, -0.1) is 0 Å². The number of nitrogens with zero attached hydrogens (tertiary/aromatic N) is 2. The number of piperidine rings is 2. The van der Waals surface area contributed by atoms with Crippen LogP contribution in [0.25, 0.3) is 0 Å². The van der Waals surface area contributed by atoms with Crippen molar-refractivity contribution in [1.82, 2.24) is 9.80 Å². The first-order chi connectivity index (χ1) is 12.4. The normalized spacial score (nSPS) is 21.6. The number of hydrogen-bond donors (Lipinski definition) is 1. The third-order valence-electron chi connectivity index (χ3n) is 5.98. The minimum atomic E-state index is -0.925. The number of hydrogen-bond acceptors (Lipinski definition) is 4. The summed E-state index contributed by atoms with van der Waals surface area (Å²) in [5.41, 5.74) is 1.31. The summed E-state index contributed by atoms with van der Waals surface area (Å²) in [5, 5.41) is 9.28. The number of carboxylic acids is 1. The minimum absolute atomic E-state index is 0.0238. The zero-order valence-corrected chi connectivity index (χ0v) is 15.6. The summed E-state index contributed by atoms with van der Waals surface area (Å²) in [6.45, 7) is 5.02. The molecule has 1 atom stereocenters. The lowest BCUT2D eigenvalue weighted by Crippen LogP contribution is -2.55. The first kappa shape index (κ1) is 18.7. The Kier molecular flexibility index (Phi) is 5.51. The number of benzene rings is 1. The molecule has 0 saturated carbocycles. The van der Waals surface area contributed by atoms with E-state index in [0.29, 0.717) is 13.0 Å². The van der Waals surface area contributed by atoms with Gasteiger partial charge in [-0.2, -0.15) is 0 Å². The Hall–Kier alpha value is -2.08. The summed E-state index contributed by atoms with van der Waals surface area (Å²) in [6, 6.07) is 7.40. The monoisotopic (exact) mass is 360 g/mol. The quantitative estimate of drug-likeness (QED) is 0.873. The molecule has 3 rings (SSSR count). The maximum Gasteiger partial charge on any atom is 0.326 e. The van der Waals surface area contributed by atoms with Crippen LogP contribution in [0.1, 0.15) is 38.2 Å². The molecule has 1 aromatic rings. The Morgan fingerprint density at radius 3 is 2.69 bits per heavy atom. The molecule has 0 radical (unpaired) electrons. The molecule has 0 unspecified atom stereocenters. The van der Waals surface area contributed by atoms with Gasteiger partial charge in [-0.3, -0.25) is 9.69 Å². The second kappa shape index (κ2) is 7.66. The summed E-state index contributed by atoms with van der Waals surface area (Å²) in [5.74, 6) is -0.0738. The highest BCUT2D eigenvalue weighted by molar-refractivity contribution is 5.84. The van der Waals surface area contributed by atoms with Crippen molar-refractivity contribution in [3.63, 3.8) is 0 Å². The zero-order valence-electron chi connectivity index (χ0n) is 15.6. The van der Waals surface area contributed by atoms with Crippen LogP contribution in [0.2, 0.25) is 0 Å². The number of methoxy groups -OCH3 is 1. The van der Waals surface area contributed by atoms with Gasteiger partial charge < -0.3 is 14.7 Å². The number of carboxylic acid groups (broad SMARTS) is 1. The van der Waals surface area contributed by atoms with E-state index < -0.39 is 12.0 Å². The molecule has 2 aliphatic rings. The maximum atomic E-state index is 12.2. The summed E-state index contributed by atoms with van der Waals surface area (Å²) < 4.78 is 5.29. The van der Waals surface area contributed by atoms with Gasteiger partial charge in [0.05, 0.1) is 7.11 Å². The molecule has 6 heteroatoms. The van der Waals surface area contributed by atoms with Gasteiger partial charge in [0.15, 0.2) is 0 Å². The smallest absolute Gasteiger partial charge is 0.326 e. The summed E-state index contributed by atoms with van der Waals surface area (Å²) in [4.78, 5) is 27.5. The topological polar surface area (TPSA) is 70.1 Å². The highest BCUT2D eigenvalue weighted by atomic mass is 16.5. The molecule has 2 aliphatic heterocycles. The highest BCUT2D eigenvalue weighted by Crippen LogP contribution is 2.41. The van der Waals surface area contributed by atoms with Crippen LogP contribution < -0.4 is 4.74 Å². The first-order valence-electron chi connectivity index (χ1n) is 9.30. The Bertz CT molecular complexity index is 668. The van der Waals surface area contributed by atoms with Crippen molar-refractivity contribution in [2.75, 3.05) is 26.7 Å². The van der Waals surface area contributed by atoms with E-state index in [0.717, 1.165) is 44.6 Å². The van der Waals surface area contributed by atoms with Crippen LogP contribution in [-0.2, 0) is 16.1 Å². The lowest BCUT2D eigenvalue weighted by molar-refractivity contribution is -0.155. The zero-order chi connectivity index (χ0) is 18.7. The number of aliphatic carboxylic acids is 1. The molecule has 2 heterocycles. The Balaban J connectivity index is 1.60. The summed E-state index contributed by atoms with van der Waals surface area (Å²) in [6.07, 6.45) is 3.36. The van der Waals surface area contributed by atoms with Gasteiger partial charge in [0.1, 0.15) is 11.8 Å². The summed E-state index contributed by atoms with van der Waals surface area (Å²) >= 11 is 0. The number of amides is 1. The van der Waals surface area contributed by atoms with Gasteiger partial charge in [-0.1, -0.05) is 12.1 Å². The molecule has 2 fully saturated rings. The highest BCUT2D eigenvalue weighted by Gasteiger charge is 2.43. The van der Waals surface area contributed by atoms with Crippen LogP contribution in [0, 0.1) is 5.41 Å². The standard InChI is InChI=1S/C20H28N2O4/c1-15(19(24)25)22-14-20(7-6-18(22)23)8-10-21(11-9-20)13-16-4-3-5-17(12-16)26-2/h3-5,12,15H,6-11,13-14H2,1-2H3,(H,24,25)/t15-/m1/s1. The average Bonchev–Trinajstić information content (AvgIpc) is 2.65. The molecule has 142 valence electrons. The second-order valence-corrected chi connectivity index (χ2v) is 7.66. The van der Waals surface area contributed by atoms with Crippen molar-refractivity contribution in [2.45, 2.75) is 45.2 Å². The van der Waals surface area contributed by atoms with Gasteiger partial charge in [0.2, 0.25) is 5.91 Å². The van der Waals surface area contributed by atoms with Crippen LogP contribution in [-0.4, -0.2) is 59.6 Å². The van der Waals surface area contributed by atoms with E-state index in [4.69, 9.17) is 4.74 Å². The van der Waals surface area contributed by atoms with E-state index in [1.165, 1.54) is 5.56 Å². The second-order valence-electron chi connectivity index (χ2n) is 7.66. The predicted octanol–water partition coefficient (Wildman–Crippen LogP) is 2.37.